The quantitative estimate of drug-likeness (QED) is 0.496. The van der Waals surface area contributed by atoms with Gasteiger partial charge in [-0.1, -0.05) is 24.3 Å². The van der Waals surface area contributed by atoms with Gasteiger partial charge in [0.1, 0.15) is 11.5 Å². The van der Waals surface area contributed by atoms with Crippen LogP contribution in [0.25, 0.3) is 10.8 Å². The number of phenols is 1. The molecular weight excluding hydrogens is 480 g/mol. The minimum Gasteiger partial charge on any atom is -0.507 e. The summed E-state index contributed by atoms with van der Waals surface area (Å²) in [6.45, 7) is 2.09. The maximum absolute atomic E-state index is 13.9. The van der Waals surface area contributed by atoms with E-state index in [4.69, 9.17) is 10.5 Å². The van der Waals surface area contributed by atoms with Gasteiger partial charge in [-0.3, -0.25) is 28.9 Å². The number of ether oxygens (including phenoxy) is 1. The Morgan fingerprint density at radius 3 is 2.38 bits per heavy atom. The second-order valence-corrected chi connectivity index (χ2v) is 10.3. The van der Waals surface area contributed by atoms with Crippen LogP contribution in [0, 0.1) is 23.7 Å². The van der Waals surface area contributed by atoms with Crippen molar-refractivity contribution in [2.45, 2.75) is 31.4 Å². The Labute approximate surface area is 212 Å². The molecule has 10 heteroatoms. The zero-order valence-electron chi connectivity index (χ0n) is 20.7. The molecule has 0 bridgehead atoms. The summed E-state index contributed by atoms with van der Waals surface area (Å²) in [6, 6.07) is 5.74. The number of carbonyl (C=O) groups is 5. The van der Waals surface area contributed by atoms with E-state index >= 15 is 0 Å². The lowest BCUT2D eigenvalue weighted by Crippen LogP contribution is -2.74. The van der Waals surface area contributed by atoms with Crippen LogP contribution in [0.2, 0.25) is 0 Å². The molecule has 2 saturated carbocycles. The van der Waals surface area contributed by atoms with Crippen molar-refractivity contribution in [3.05, 3.63) is 35.4 Å². The molecule has 4 N–H and O–H groups in total. The molecule has 6 unspecified atom stereocenters. The fourth-order valence-electron chi connectivity index (χ4n) is 6.69. The zero-order valence-corrected chi connectivity index (χ0v) is 20.7. The first kappa shape index (κ1) is 25.0. The average Bonchev–Trinajstić information content (AvgIpc) is 2.83. The molecule has 3 aliphatic carbocycles. The predicted octanol–water partition coefficient (Wildman–Crippen LogP) is 0.419. The number of nitrogens with zero attached hydrogens (tertiary/aromatic N) is 1. The molecule has 0 spiro atoms. The molecule has 2 fully saturated rings. The summed E-state index contributed by atoms with van der Waals surface area (Å²) in [5.41, 5.74) is 2.97. The van der Waals surface area contributed by atoms with Crippen LogP contribution >= 0.6 is 0 Å². The Kier molecular flexibility index (Phi) is 5.72. The number of Topliss-reactive ketones (excluding diaryl/α,β-unsaturated/α-hetero) is 4. The van der Waals surface area contributed by atoms with Gasteiger partial charge in [-0.2, -0.15) is 0 Å². The number of hydrogen-bond acceptors (Lipinski definition) is 9. The molecular formula is C27H28N2O8. The maximum atomic E-state index is 13.9. The van der Waals surface area contributed by atoms with E-state index in [-0.39, 0.29) is 24.2 Å². The molecule has 0 heterocycles. The number of aliphatic hydroxyl groups is 1. The molecule has 0 aliphatic heterocycles. The number of phenolic OH excluding ortho intramolecular Hbond substituents is 1. The zero-order chi connectivity index (χ0) is 27.0. The van der Waals surface area contributed by atoms with Crippen molar-refractivity contribution in [3.8, 4) is 11.5 Å². The first-order valence-electron chi connectivity index (χ1n) is 12.2. The van der Waals surface area contributed by atoms with E-state index in [2.05, 4.69) is 0 Å². The van der Waals surface area contributed by atoms with Gasteiger partial charge in [0.05, 0.1) is 24.1 Å². The van der Waals surface area contributed by atoms with Crippen LogP contribution in [-0.2, 0) is 25.6 Å². The lowest BCUT2D eigenvalue weighted by Gasteiger charge is -2.52. The average molecular weight is 509 g/mol. The topological polar surface area (TPSA) is 164 Å². The van der Waals surface area contributed by atoms with E-state index in [0.29, 0.717) is 28.7 Å². The first-order chi connectivity index (χ1) is 17.5. The van der Waals surface area contributed by atoms with Crippen LogP contribution in [0.3, 0.4) is 0 Å². The van der Waals surface area contributed by atoms with E-state index in [0.717, 1.165) is 0 Å². The summed E-state index contributed by atoms with van der Waals surface area (Å²) in [5.74, 6) is -10.3. The van der Waals surface area contributed by atoms with Crippen molar-refractivity contribution < 1.29 is 38.9 Å². The Hall–Kier alpha value is -3.63. The molecule has 37 heavy (non-hydrogen) atoms. The molecule has 0 radical (unpaired) electrons. The predicted molar refractivity (Wildman–Crippen MR) is 130 cm³/mol. The van der Waals surface area contributed by atoms with Gasteiger partial charge in [0.25, 0.3) is 0 Å². The number of nitrogens with two attached hydrogens (primary N) is 1. The van der Waals surface area contributed by atoms with Crippen LogP contribution in [0.15, 0.2) is 24.3 Å². The van der Waals surface area contributed by atoms with Gasteiger partial charge >= 0.3 is 0 Å². The smallest absolute Gasteiger partial charge is 0.235 e. The van der Waals surface area contributed by atoms with Crippen LogP contribution in [0.4, 0.5) is 0 Å². The van der Waals surface area contributed by atoms with Crippen molar-refractivity contribution in [2.75, 3.05) is 20.7 Å². The Morgan fingerprint density at radius 1 is 1.14 bits per heavy atom. The summed E-state index contributed by atoms with van der Waals surface area (Å²) in [5, 5.41) is 23.7. The highest BCUT2D eigenvalue weighted by atomic mass is 16.5. The monoisotopic (exact) mass is 508 g/mol. The van der Waals surface area contributed by atoms with Crippen LogP contribution in [-0.4, -0.2) is 76.5 Å². The lowest BCUT2D eigenvalue weighted by atomic mass is 9.52. The summed E-state index contributed by atoms with van der Waals surface area (Å²) < 4.78 is 5.92. The van der Waals surface area contributed by atoms with Crippen LogP contribution in [0.1, 0.15) is 29.3 Å². The number of aromatic hydroxyl groups is 1. The van der Waals surface area contributed by atoms with E-state index in [1.54, 1.807) is 45.3 Å². The molecule has 3 aliphatic rings. The number of fused-ring (bicyclic) bond motifs is 4. The Balaban J connectivity index is 1.71. The minimum atomic E-state index is -2.74. The second-order valence-electron chi connectivity index (χ2n) is 10.3. The van der Waals surface area contributed by atoms with E-state index < -0.39 is 64.4 Å². The van der Waals surface area contributed by atoms with Gasteiger partial charge in [-0.25, -0.2) is 0 Å². The van der Waals surface area contributed by atoms with Gasteiger partial charge in [0.2, 0.25) is 5.91 Å². The first-order valence-corrected chi connectivity index (χ1v) is 12.2. The number of primary amides is 1. The van der Waals surface area contributed by atoms with E-state index in [1.807, 2.05) is 0 Å². The Morgan fingerprint density at radius 2 is 1.78 bits per heavy atom. The minimum absolute atomic E-state index is 0.0109. The standard InChI is InChI=1S/C27H28N2O8/c1-4-37-23-13-8-6-5-7-12(13)20(30)17-14(23)9-11-10-15-19(29(2)3)22(32)18(26(28)35)25(34)27(15,36)24(33)16(11)21(17)31/h5-8,11,15-16,18-19,30,36H,4,9-10H2,1-3H3,(H2,28,35). The molecule has 1 amide bonds. The third kappa shape index (κ3) is 3.21. The van der Waals surface area contributed by atoms with Crippen molar-refractivity contribution >= 4 is 39.8 Å². The fourth-order valence-corrected chi connectivity index (χ4v) is 6.69. The van der Waals surface area contributed by atoms with Crippen LogP contribution < -0.4 is 10.5 Å². The molecule has 10 nitrogen and oxygen atoms in total. The van der Waals surface area contributed by atoms with Crippen molar-refractivity contribution in [1.82, 2.24) is 4.90 Å². The number of likely N-dealkylation sites (N-methyl/N-ethyl adjacent to an activating group) is 1. The number of carbonyl (C=O) groups excluding carboxylic acids is 5. The summed E-state index contributed by atoms with van der Waals surface area (Å²) in [7, 11) is 3.10. The van der Waals surface area contributed by atoms with Crippen molar-refractivity contribution in [2.24, 2.45) is 29.4 Å². The third-order valence-corrected chi connectivity index (χ3v) is 8.18. The van der Waals surface area contributed by atoms with E-state index in [1.165, 1.54) is 4.90 Å². The molecule has 194 valence electrons. The molecule has 2 aromatic rings. The summed E-state index contributed by atoms with van der Waals surface area (Å²) >= 11 is 0. The van der Waals surface area contributed by atoms with Gasteiger partial charge in [0.15, 0.2) is 34.7 Å². The molecule has 2 aromatic carbocycles. The second kappa shape index (κ2) is 8.46. The molecule has 6 atom stereocenters. The van der Waals surface area contributed by atoms with Crippen molar-refractivity contribution in [3.63, 3.8) is 0 Å². The van der Waals surface area contributed by atoms with Gasteiger partial charge in [-0.05, 0) is 39.8 Å². The molecule has 5 rings (SSSR count). The fraction of sp³-hybridized carbons (Fsp3) is 0.444. The normalized spacial score (nSPS) is 31.2. The number of ketones is 4. The lowest BCUT2D eigenvalue weighted by molar-refractivity contribution is -0.181. The highest BCUT2D eigenvalue weighted by molar-refractivity contribution is 6.32. The molecule has 0 saturated heterocycles. The van der Waals surface area contributed by atoms with Gasteiger partial charge in [-0.15, -0.1) is 0 Å². The van der Waals surface area contributed by atoms with Gasteiger partial charge in [0, 0.05) is 22.3 Å². The number of rotatable bonds is 4. The molecule has 0 aromatic heterocycles. The number of benzene rings is 2. The maximum Gasteiger partial charge on any atom is 0.235 e. The number of amides is 1. The third-order valence-electron chi connectivity index (χ3n) is 8.18. The van der Waals surface area contributed by atoms with Gasteiger partial charge < -0.3 is 20.7 Å². The Bertz CT molecular complexity index is 1400. The summed E-state index contributed by atoms with van der Waals surface area (Å²) in [4.78, 5) is 67.8. The highest BCUT2D eigenvalue weighted by Crippen LogP contribution is 2.53. The van der Waals surface area contributed by atoms with E-state index in [9.17, 15) is 34.2 Å². The SMILES string of the molecule is CCOc1c2c(c(O)c3ccccc13)C(=O)C1C(=O)C3(O)C(=O)C(C(N)=O)C(=O)C(N(C)C)C3CC1C2. The van der Waals surface area contributed by atoms with Crippen molar-refractivity contribution in [1.29, 1.82) is 0 Å². The van der Waals surface area contributed by atoms with Crippen LogP contribution in [0.5, 0.6) is 11.5 Å². The number of hydrogen-bond donors (Lipinski definition) is 3. The largest absolute Gasteiger partial charge is 0.507 e. The highest BCUT2D eigenvalue weighted by Gasteiger charge is 2.69. The summed E-state index contributed by atoms with van der Waals surface area (Å²) in [6.07, 6.45) is 0.141.